The summed E-state index contributed by atoms with van der Waals surface area (Å²) in [6.45, 7) is 12.8. The molecule has 0 spiro atoms. The van der Waals surface area contributed by atoms with Crippen LogP contribution in [0.15, 0.2) is 18.2 Å². The summed E-state index contributed by atoms with van der Waals surface area (Å²) in [7, 11) is 0. The summed E-state index contributed by atoms with van der Waals surface area (Å²) >= 11 is 0. The molecule has 2 nitrogen and oxygen atoms in total. The van der Waals surface area contributed by atoms with Crippen LogP contribution in [0.2, 0.25) is 0 Å². The van der Waals surface area contributed by atoms with E-state index in [9.17, 15) is 0 Å². The molecule has 2 rings (SSSR count). The fourth-order valence-corrected chi connectivity index (χ4v) is 2.57. The highest BCUT2D eigenvalue weighted by Crippen LogP contribution is 2.33. The Morgan fingerprint density at radius 1 is 1.30 bits per heavy atom. The van der Waals surface area contributed by atoms with Crippen LogP contribution < -0.4 is 10.1 Å². The highest BCUT2D eigenvalue weighted by atomic mass is 16.5. The monoisotopic (exact) mass is 275 g/mol. The summed E-state index contributed by atoms with van der Waals surface area (Å²) in [6.07, 6.45) is 2.78. The van der Waals surface area contributed by atoms with Gasteiger partial charge in [0.25, 0.3) is 0 Å². The van der Waals surface area contributed by atoms with Gasteiger partial charge >= 0.3 is 0 Å². The molecule has 112 valence electrons. The van der Waals surface area contributed by atoms with Crippen LogP contribution in [-0.4, -0.2) is 19.2 Å². The van der Waals surface area contributed by atoms with Crippen LogP contribution in [0.4, 0.5) is 0 Å². The van der Waals surface area contributed by atoms with E-state index >= 15 is 0 Å². The molecule has 1 aliphatic rings. The van der Waals surface area contributed by atoms with Gasteiger partial charge in [0.15, 0.2) is 0 Å². The van der Waals surface area contributed by atoms with Crippen molar-refractivity contribution in [2.24, 2.45) is 5.92 Å². The molecular formula is C18H29NO. The van der Waals surface area contributed by atoms with Crippen LogP contribution in [0, 0.1) is 12.8 Å². The first-order valence-electron chi connectivity index (χ1n) is 7.85. The van der Waals surface area contributed by atoms with E-state index in [0.29, 0.717) is 6.04 Å². The predicted octanol–water partition coefficient (Wildman–Crippen LogP) is 4.06. The Morgan fingerprint density at radius 3 is 2.60 bits per heavy atom. The van der Waals surface area contributed by atoms with E-state index in [2.05, 4.69) is 58.1 Å². The third kappa shape index (κ3) is 4.24. The van der Waals surface area contributed by atoms with E-state index in [1.807, 2.05) is 0 Å². The number of rotatable bonds is 6. The molecule has 1 N–H and O–H groups in total. The van der Waals surface area contributed by atoms with Crippen LogP contribution in [0.5, 0.6) is 5.75 Å². The van der Waals surface area contributed by atoms with Gasteiger partial charge in [-0.1, -0.05) is 38.5 Å². The Bertz CT molecular complexity index is 443. The minimum Gasteiger partial charge on any atom is -0.492 e. The Balaban J connectivity index is 1.88. The number of nitrogens with one attached hydrogen (secondary N) is 1. The molecule has 1 atom stereocenters. The van der Waals surface area contributed by atoms with Crippen molar-refractivity contribution in [3.8, 4) is 5.75 Å². The van der Waals surface area contributed by atoms with Crippen LogP contribution >= 0.6 is 0 Å². The Labute approximate surface area is 123 Å². The number of benzene rings is 1. The topological polar surface area (TPSA) is 21.3 Å². The average Bonchev–Trinajstić information content (AvgIpc) is 3.18. The van der Waals surface area contributed by atoms with Crippen LogP contribution in [0.3, 0.4) is 0 Å². The molecule has 1 unspecified atom stereocenters. The van der Waals surface area contributed by atoms with Gasteiger partial charge in [-0.15, -0.1) is 0 Å². The molecule has 1 aliphatic carbocycles. The molecule has 1 saturated carbocycles. The van der Waals surface area contributed by atoms with Gasteiger partial charge in [-0.2, -0.15) is 0 Å². The second-order valence-corrected chi connectivity index (χ2v) is 7.18. The predicted molar refractivity (Wildman–Crippen MR) is 85.6 cm³/mol. The third-order valence-electron chi connectivity index (χ3n) is 4.10. The van der Waals surface area contributed by atoms with Gasteiger partial charge in [-0.3, -0.25) is 0 Å². The Kier molecular flexibility index (Phi) is 4.74. The maximum Gasteiger partial charge on any atom is 0.123 e. The second-order valence-electron chi connectivity index (χ2n) is 7.18. The van der Waals surface area contributed by atoms with Crippen molar-refractivity contribution in [2.45, 2.75) is 58.9 Å². The quantitative estimate of drug-likeness (QED) is 0.791. The molecule has 0 radical (unpaired) electrons. The largest absolute Gasteiger partial charge is 0.492 e. The van der Waals surface area contributed by atoms with E-state index < -0.39 is 0 Å². The lowest BCUT2D eigenvalue weighted by molar-refractivity contribution is 0.296. The lowest BCUT2D eigenvalue weighted by atomic mass is 9.85. The van der Waals surface area contributed by atoms with Crippen molar-refractivity contribution in [2.75, 3.05) is 13.2 Å². The molecule has 2 heteroatoms. The molecule has 0 aliphatic heterocycles. The van der Waals surface area contributed by atoms with E-state index in [-0.39, 0.29) is 5.41 Å². The number of aryl methyl sites for hydroxylation is 1. The van der Waals surface area contributed by atoms with Gasteiger partial charge in [-0.05, 0) is 49.7 Å². The smallest absolute Gasteiger partial charge is 0.123 e. The first-order valence-corrected chi connectivity index (χ1v) is 7.85. The second kappa shape index (κ2) is 6.17. The lowest BCUT2D eigenvalue weighted by Gasteiger charge is -2.23. The minimum atomic E-state index is 0.121. The number of hydrogen-bond acceptors (Lipinski definition) is 2. The molecule has 0 bridgehead atoms. The zero-order valence-corrected chi connectivity index (χ0v) is 13.6. The van der Waals surface area contributed by atoms with Crippen molar-refractivity contribution in [3.63, 3.8) is 0 Å². The molecule has 0 heterocycles. The lowest BCUT2D eigenvalue weighted by Crippen LogP contribution is -2.31. The van der Waals surface area contributed by atoms with E-state index in [4.69, 9.17) is 4.74 Å². The summed E-state index contributed by atoms with van der Waals surface area (Å²) in [5.41, 5.74) is 2.71. The summed E-state index contributed by atoms with van der Waals surface area (Å²) in [6, 6.07) is 7.12. The molecule has 1 fully saturated rings. The summed E-state index contributed by atoms with van der Waals surface area (Å²) in [5, 5.41) is 3.56. The van der Waals surface area contributed by atoms with Crippen molar-refractivity contribution < 1.29 is 4.74 Å². The van der Waals surface area contributed by atoms with E-state index in [0.717, 1.165) is 24.8 Å². The fourth-order valence-electron chi connectivity index (χ4n) is 2.57. The molecule has 0 aromatic heterocycles. The van der Waals surface area contributed by atoms with Crippen molar-refractivity contribution in [1.82, 2.24) is 5.32 Å². The molecular weight excluding hydrogens is 246 g/mol. The maximum absolute atomic E-state index is 6.01. The van der Waals surface area contributed by atoms with Crippen LogP contribution in [0.25, 0.3) is 0 Å². The van der Waals surface area contributed by atoms with Gasteiger partial charge in [-0.25, -0.2) is 0 Å². The van der Waals surface area contributed by atoms with Crippen molar-refractivity contribution in [3.05, 3.63) is 29.3 Å². The molecule has 0 saturated heterocycles. The van der Waals surface area contributed by atoms with E-state index in [1.165, 1.54) is 24.0 Å². The zero-order valence-electron chi connectivity index (χ0n) is 13.6. The van der Waals surface area contributed by atoms with Gasteiger partial charge in [0.2, 0.25) is 0 Å². The molecule has 1 aromatic carbocycles. The van der Waals surface area contributed by atoms with Gasteiger partial charge in [0.1, 0.15) is 12.4 Å². The molecule has 0 amide bonds. The van der Waals surface area contributed by atoms with Gasteiger partial charge in [0.05, 0.1) is 0 Å². The first kappa shape index (κ1) is 15.4. The summed E-state index contributed by atoms with van der Waals surface area (Å²) in [4.78, 5) is 0. The first-order chi connectivity index (χ1) is 9.38. The van der Waals surface area contributed by atoms with Crippen molar-refractivity contribution in [1.29, 1.82) is 0 Å². The molecule has 20 heavy (non-hydrogen) atoms. The van der Waals surface area contributed by atoms with Gasteiger partial charge in [0, 0.05) is 12.6 Å². The fraction of sp³-hybridized carbons (Fsp3) is 0.667. The highest BCUT2D eigenvalue weighted by molar-refractivity contribution is 5.41. The summed E-state index contributed by atoms with van der Waals surface area (Å²) in [5.74, 6) is 1.93. The summed E-state index contributed by atoms with van der Waals surface area (Å²) < 4.78 is 6.01. The standard InChI is InChI=1S/C18H29NO/c1-13-6-9-17(16(12-13)18(3,4)5)20-11-10-19-14(2)15-7-8-15/h6,9,12,14-15,19H,7-8,10-11H2,1-5H3. The Hall–Kier alpha value is -1.02. The van der Waals surface area contributed by atoms with Gasteiger partial charge < -0.3 is 10.1 Å². The van der Waals surface area contributed by atoms with Crippen LogP contribution in [-0.2, 0) is 5.41 Å². The molecule has 1 aromatic rings. The minimum absolute atomic E-state index is 0.121. The normalized spacial score (nSPS) is 17.1. The maximum atomic E-state index is 6.01. The van der Waals surface area contributed by atoms with Crippen molar-refractivity contribution >= 4 is 0 Å². The average molecular weight is 275 g/mol. The third-order valence-corrected chi connectivity index (χ3v) is 4.10. The number of hydrogen-bond donors (Lipinski definition) is 1. The zero-order chi connectivity index (χ0) is 14.8. The van der Waals surface area contributed by atoms with Crippen LogP contribution in [0.1, 0.15) is 51.7 Å². The Morgan fingerprint density at radius 2 is 2.00 bits per heavy atom. The van der Waals surface area contributed by atoms with E-state index in [1.54, 1.807) is 0 Å². The highest BCUT2D eigenvalue weighted by Gasteiger charge is 2.27. The number of ether oxygens (including phenoxy) is 1. The SMILES string of the molecule is Cc1ccc(OCCNC(C)C2CC2)c(C(C)(C)C)c1.